The van der Waals surface area contributed by atoms with E-state index in [9.17, 15) is 9.18 Å². The zero-order chi connectivity index (χ0) is 20.4. The number of carbonyl (C=O) groups excluding carboxylic acids is 1. The van der Waals surface area contributed by atoms with Crippen molar-refractivity contribution in [1.82, 2.24) is 25.3 Å². The molecule has 3 aromatic rings. The van der Waals surface area contributed by atoms with Crippen molar-refractivity contribution in [1.29, 1.82) is 0 Å². The van der Waals surface area contributed by atoms with Crippen molar-refractivity contribution < 1.29 is 9.18 Å². The van der Waals surface area contributed by atoms with Crippen molar-refractivity contribution in [3.63, 3.8) is 0 Å². The molecule has 0 spiro atoms. The Balaban J connectivity index is 1.62. The first-order valence-corrected chi connectivity index (χ1v) is 10.1. The third kappa shape index (κ3) is 4.17. The summed E-state index contributed by atoms with van der Waals surface area (Å²) in [6.45, 7) is 1.82. The first-order chi connectivity index (χ1) is 14.0. The average molecular weight is 417 g/mol. The Bertz CT molecular complexity index is 1040. The van der Waals surface area contributed by atoms with Crippen LogP contribution in [0.2, 0.25) is 5.02 Å². The van der Waals surface area contributed by atoms with Crippen LogP contribution in [0.1, 0.15) is 39.0 Å². The van der Waals surface area contributed by atoms with E-state index in [4.69, 9.17) is 11.6 Å². The summed E-state index contributed by atoms with van der Waals surface area (Å²) < 4.78 is 14.5. The van der Waals surface area contributed by atoms with Crippen LogP contribution in [0.25, 0.3) is 22.4 Å². The van der Waals surface area contributed by atoms with Gasteiger partial charge in [0.05, 0.1) is 11.2 Å². The van der Waals surface area contributed by atoms with E-state index >= 15 is 0 Å². The number of H-pyrrole nitrogens is 1. The maximum Gasteiger partial charge on any atom is 0.220 e. The molecule has 1 amide bonds. The molecular weight excluding hydrogens is 395 g/mol. The molecule has 4 rings (SSSR count). The van der Waals surface area contributed by atoms with Crippen molar-refractivity contribution in [2.75, 3.05) is 5.32 Å². The molecule has 0 bridgehead atoms. The lowest BCUT2D eigenvalue weighted by Crippen LogP contribution is -2.48. The van der Waals surface area contributed by atoms with E-state index in [-0.39, 0.29) is 23.8 Å². The highest BCUT2D eigenvalue weighted by atomic mass is 35.5. The number of aromatic amines is 1. The smallest absolute Gasteiger partial charge is 0.220 e. The first kappa shape index (κ1) is 19.6. The molecule has 7 nitrogen and oxygen atoms in total. The minimum atomic E-state index is -0.532. The lowest BCUT2D eigenvalue weighted by molar-refractivity contribution is -0.121. The maximum absolute atomic E-state index is 14.5. The lowest BCUT2D eigenvalue weighted by Gasteiger charge is -2.33. The Morgan fingerprint density at radius 3 is 2.86 bits per heavy atom. The van der Waals surface area contributed by atoms with Gasteiger partial charge in [-0.1, -0.05) is 31.4 Å². The molecule has 1 saturated carbocycles. The van der Waals surface area contributed by atoms with Gasteiger partial charge in [-0.2, -0.15) is 0 Å². The molecule has 0 aromatic carbocycles. The van der Waals surface area contributed by atoms with Crippen LogP contribution in [0.5, 0.6) is 0 Å². The largest absolute Gasteiger partial charge is 0.363 e. The molecule has 3 aromatic heterocycles. The van der Waals surface area contributed by atoms with E-state index in [1.54, 1.807) is 18.5 Å². The topological polar surface area (TPSA) is 95.6 Å². The highest BCUT2D eigenvalue weighted by Gasteiger charge is 2.27. The summed E-state index contributed by atoms with van der Waals surface area (Å²) in [4.78, 5) is 27.7. The van der Waals surface area contributed by atoms with E-state index in [0.717, 1.165) is 37.3 Å². The van der Waals surface area contributed by atoms with Gasteiger partial charge in [0, 0.05) is 41.8 Å². The highest BCUT2D eigenvalue weighted by Crippen LogP contribution is 2.29. The summed E-state index contributed by atoms with van der Waals surface area (Å²) in [5.74, 6) is -0.0391. The van der Waals surface area contributed by atoms with Crippen LogP contribution in [0, 0.1) is 5.82 Å². The van der Waals surface area contributed by atoms with Crippen LogP contribution in [-0.2, 0) is 4.79 Å². The molecular formula is C20H22ClFN6O. The van der Waals surface area contributed by atoms with Crippen LogP contribution < -0.4 is 10.6 Å². The molecule has 3 N–H and O–H groups in total. The van der Waals surface area contributed by atoms with Crippen LogP contribution in [0.3, 0.4) is 0 Å². The highest BCUT2D eigenvalue weighted by molar-refractivity contribution is 6.31. The average Bonchev–Trinajstić information content (AvgIpc) is 3.14. The summed E-state index contributed by atoms with van der Waals surface area (Å²) in [6.07, 6.45) is 8.61. The van der Waals surface area contributed by atoms with Crippen molar-refractivity contribution in [3.05, 3.63) is 35.5 Å². The number of pyridine rings is 1. The molecule has 1 fully saturated rings. The van der Waals surface area contributed by atoms with Crippen molar-refractivity contribution >= 4 is 34.4 Å². The van der Waals surface area contributed by atoms with Crippen LogP contribution >= 0.6 is 11.6 Å². The van der Waals surface area contributed by atoms with Gasteiger partial charge < -0.3 is 15.6 Å². The number of aromatic nitrogens is 4. The Morgan fingerprint density at radius 1 is 1.28 bits per heavy atom. The summed E-state index contributed by atoms with van der Waals surface area (Å²) in [7, 11) is 0. The molecule has 0 unspecified atom stereocenters. The molecule has 1 aliphatic rings. The second-order valence-corrected chi connectivity index (χ2v) is 7.64. The number of halogens is 2. The molecule has 0 aliphatic heterocycles. The van der Waals surface area contributed by atoms with E-state index in [1.165, 1.54) is 0 Å². The molecule has 29 heavy (non-hydrogen) atoms. The SMILES string of the molecule is CCC(=O)N[C@@H]1CCCC[C@@H]1Nc1nc(-c2c[nH]c3ncc(Cl)cc23)ncc1F. The second kappa shape index (κ2) is 8.32. The van der Waals surface area contributed by atoms with Crippen molar-refractivity contribution in [2.45, 2.75) is 51.1 Å². The third-order valence-corrected chi connectivity index (χ3v) is 5.44. The van der Waals surface area contributed by atoms with Gasteiger partial charge in [0.2, 0.25) is 5.91 Å². The van der Waals surface area contributed by atoms with Gasteiger partial charge >= 0.3 is 0 Å². The maximum atomic E-state index is 14.5. The normalized spacial score (nSPS) is 19.3. The molecule has 2 atom stereocenters. The standard InChI is InChI=1S/C20H22ClFN6O/c1-2-17(29)26-15-5-3-4-6-16(15)27-20-14(22)10-25-19(28-20)13-9-24-18-12(13)7-11(21)8-23-18/h7-10,15-16H,2-6H2,1H3,(H,23,24)(H,26,29)(H,25,27,28)/t15-,16+/m1/s1. The minimum absolute atomic E-state index is 0.00396. The fraction of sp³-hybridized carbons (Fsp3) is 0.400. The number of nitrogens with zero attached hydrogens (tertiary/aromatic N) is 3. The van der Waals surface area contributed by atoms with Crippen LogP contribution in [0.4, 0.5) is 10.2 Å². The predicted molar refractivity (Wildman–Crippen MR) is 110 cm³/mol. The fourth-order valence-corrected chi connectivity index (χ4v) is 3.88. The lowest BCUT2D eigenvalue weighted by atomic mass is 9.90. The third-order valence-electron chi connectivity index (χ3n) is 5.24. The number of hydrogen-bond donors (Lipinski definition) is 3. The van der Waals surface area contributed by atoms with Crippen molar-refractivity contribution in [3.8, 4) is 11.4 Å². The monoisotopic (exact) mass is 416 g/mol. The number of rotatable bonds is 5. The molecule has 1 aliphatic carbocycles. The molecule has 0 radical (unpaired) electrons. The van der Waals surface area contributed by atoms with E-state index in [1.807, 2.05) is 6.92 Å². The Labute approximate surface area is 172 Å². The van der Waals surface area contributed by atoms with Gasteiger partial charge in [-0.3, -0.25) is 4.79 Å². The number of fused-ring (bicyclic) bond motifs is 1. The van der Waals surface area contributed by atoms with E-state index in [0.29, 0.717) is 28.5 Å². The molecule has 3 heterocycles. The van der Waals surface area contributed by atoms with Crippen LogP contribution in [-0.4, -0.2) is 37.9 Å². The van der Waals surface area contributed by atoms with E-state index < -0.39 is 5.82 Å². The number of anilines is 1. The zero-order valence-electron chi connectivity index (χ0n) is 16.0. The molecule has 152 valence electrons. The molecule has 9 heteroatoms. The van der Waals surface area contributed by atoms with Gasteiger partial charge in [-0.05, 0) is 18.9 Å². The number of carbonyl (C=O) groups is 1. The van der Waals surface area contributed by atoms with Crippen molar-refractivity contribution in [2.24, 2.45) is 0 Å². The molecule has 0 saturated heterocycles. The Kier molecular flexibility index (Phi) is 5.62. The van der Waals surface area contributed by atoms with Gasteiger partial charge in [0.1, 0.15) is 5.65 Å². The van der Waals surface area contributed by atoms with Gasteiger partial charge in [-0.25, -0.2) is 19.3 Å². The number of nitrogens with one attached hydrogen (secondary N) is 3. The summed E-state index contributed by atoms with van der Waals surface area (Å²) in [6, 6.07) is 1.63. The number of amides is 1. The zero-order valence-corrected chi connectivity index (χ0v) is 16.8. The Hall–Kier alpha value is -2.74. The second-order valence-electron chi connectivity index (χ2n) is 7.21. The minimum Gasteiger partial charge on any atom is -0.363 e. The van der Waals surface area contributed by atoms with Gasteiger partial charge in [0.25, 0.3) is 0 Å². The predicted octanol–water partition coefficient (Wildman–Crippen LogP) is 4.06. The summed E-state index contributed by atoms with van der Waals surface area (Å²) in [5, 5.41) is 7.49. The van der Waals surface area contributed by atoms with E-state index in [2.05, 4.69) is 30.6 Å². The Morgan fingerprint density at radius 2 is 2.07 bits per heavy atom. The van der Waals surface area contributed by atoms with Crippen LogP contribution in [0.15, 0.2) is 24.7 Å². The fourth-order valence-electron chi connectivity index (χ4n) is 3.72. The summed E-state index contributed by atoms with van der Waals surface area (Å²) >= 11 is 6.07. The van der Waals surface area contributed by atoms with Gasteiger partial charge in [-0.15, -0.1) is 0 Å². The first-order valence-electron chi connectivity index (χ1n) is 9.76. The number of hydrogen-bond acceptors (Lipinski definition) is 5. The van der Waals surface area contributed by atoms with Gasteiger partial charge in [0.15, 0.2) is 17.5 Å². The quantitative estimate of drug-likeness (QED) is 0.582. The summed E-state index contributed by atoms with van der Waals surface area (Å²) in [5.41, 5.74) is 1.35.